The number of pyridine rings is 1. The van der Waals surface area contributed by atoms with Crippen LogP contribution >= 0.6 is 11.8 Å². The van der Waals surface area contributed by atoms with Gasteiger partial charge in [0.25, 0.3) is 5.91 Å². The van der Waals surface area contributed by atoms with E-state index in [0.717, 1.165) is 41.4 Å². The summed E-state index contributed by atoms with van der Waals surface area (Å²) in [5.41, 5.74) is 4.21. The maximum atomic E-state index is 14.0. The molecule has 3 aliphatic rings. The average Bonchev–Trinajstić information content (AvgIpc) is 3.46. The first-order valence-electron chi connectivity index (χ1n) is 14.2. The molecule has 9 nitrogen and oxygen atoms in total. The minimum atomic E-state index is -0.238. The van der Waals surface area contributed by atoms with Gasteiger partial charge in [0.1, 0.15) is 23.8 Å². The molecule has 1 N–H and O–H groups in total. The van der Waals surface area contributed by atoms with Gasteiger partial charge in [0.05, 0.1) is 19.8 Å². The van der Waals surface area contributed by atoms with Crippen LogP contribution in [0.4, 0.5) is 11.6 Å². The first-order valence-corrected chi connectivity index (χ1v) is 15.4. The molecular formula is C30H39N7O2S. The van der Waals surface area contributed by atoms with Gasteiger partial charge in [-0.1, -0.05) is 0 Å². The number of hydrogen-bond donors (Lipinski definition) is 1. The van der Waals surface area contributed by atoms with Crippen molar-refractivity contribution in [3.8, 4) is 0 Å². The molecule has 6 rings (SSSR count). The van der Waals surface area contributed by atoms with E-state index in [1.165, 1.54) is 29.7 Å². The van der Waals surface area contributed by atoms with Crippen LogP contribution in [0.25, 0.3) is 0 Å². The van der Waals surface area contributed by atoms with Crippen molar-refractivity contribution in [1.82, 2.24) is 24.6 Å². The molecule has 10 heteroatoms. The molecule has 212 valence electrons. The Morgan fingerprint density at radius 1 is 1.20 bits per heavy atom. The summed E-state index contributed by atoms with van der Waals surface area (Å²) in [6.45, 7) is 7.69. The summed E-state index contributed by atoms with van der Waals surface area (Å²) < 4.78 is 7.70. The molecule has 1 aliphatic carbocycles. The standard InChI is InChI=1S/C30H39N7O2S/c1-6-31-25-12-21(30(17-39-18-30)14-27-34-32-19-35(27)3)13-26(33-25)37-16-23-22(28(37)38)10-20(11-24(23)40-5)15-36(4)29(2)8-7-9-29/h10-13,19H,6-9,14-18H2,1-5H3,(H,31,33). The molecule has 0 spiro atoms. The van der Waals surface area contributed by atoms with Crippen molar-refractivity contribution in [2.75, 3.05) is 43.3 Å². The monoisotopic (exact) mass is 561 g/mol. The fourth-order valence-corrected chi connectivity index (χ4v) is 6.84. The summed E-state index contributed by atoms with van der Waals surface area (Å²) in [7, 11) is 4.17. The molecule has 1 aromatic carbocycles. The average molecular weight is 562 g/mol. The Hall–Kier alpha value is -2.95. The SMILES string of the molecule is CCNc1cc(C2(Cc3nncn3C)COC2)cc(N2Cc3c(SC)cc(CN(C)C4(C)CCC4)cc3C2=O)n1. The topological polar surface area (TPSA) is 88.4 Å². The minimum absolute atomic E-state index is 0.0176. The van der Waals surface area contributed by atoms with Crippen LogP contribution in [0.15, 0.2) is 35.5 Å². The van der Waals surface area contributed by atoms with Crippen molar-refractivity contribution in [3.63, 3.8) is 0 Å². The van der Waals surface area contributed by atoms with Gasteiger partial charge < -0.3 is 14.6 Å². The molecule has 0 atom stereocenters. The second-order valence-electron chi connectivity index (χ2n) is 11.9. The van der Waals surface area contributed by atoms with Crippen molar-refractivity contribution < 1.29 is 9.53 Å². The Balaban J connectivity index is 1.33. The molecule has 1 saturated heterocycles. The Morgan fingerprint density at radius 3 is 2.60 bits per heavy atom. The largest absolute Gasteiger partial charge is 0.379 e. The Kier molecular flexibility index (Phi) is 7.13. The highest BCUT2D eigenvalue weighted by molar-refractivity contribution is 7.98. The number of ether oxygens (including phenoxy) is 1. The molecule has 3 aromatic rings. The third-order valence-corrected chi connectivity index (χ3v) is 9.97. The second kappa shape index (κ2) is 10.5. The van der Waals surface area contributed by atoms with Crippen LogP contribution in [0, 0.1) is 0 Å². The lowest BCUT2D eigenvalue weighted by molar-refractivity contribution is -0.0611. The van der Waals surface area contributed by atoms with Gasteiger partial charge in [0.15, 0.2) is 0 Å². The van der Waals surface area contributed by atoms with Crippen LogP contribution in [0.3, 0.4) is 0 Å². The molecule has 2 aromatic heterocycles. The maximum absolute atomic E-state index is 14.0. The summed E-state index contributed by atoms with van der Waals surface area (Å²) >= 11 is 1.71. The normalized spacial score (nSPS) is 18.9. The molecule has 2 fully saturated rings. The number of nitrogens with zero attached hydrogens (tertiary/aromatic N) is 6. The van der Waals surface area contributed by atoms with Gasteiger partial charge in [0, 0.05) is 48.0 Å². The quantitative estimate of drug-likeness (QED) is 0.364. The first-order chi connectivity index (χ1) is 19.2. The molecule has 1 amide bonds. The number of thioether (sulfide) groups is 1. The number of rotatable bonds is 10. The number of fused-ring (bicyclic) bond motifs is 1. The lowest BCUT2D eigenvalue weighted by Gasteiger charge is -2.46. The summed E-state index contributed by atoms with van der Waals surface area (Å²) in [6.07, 6.45) is 8.29. The number of aryl methyl sites for hydroxylation is 1. The van der Waals surface area contributed by atoms with Crippen LogP contribution < -0.4 is 10.2 Å². The van der Waals surface area contributed by atoms with Gasteiger partial charge in [-0.2, -0.15) is 0 Å². The van der Waals surface area contributed by atoms with E-state index < -0.39 is 0 Å². The van der Waals surface area contributed by atoms with Gasteiger partial charge >= 0.3 is 0 Å². The molecule has 2 aliphatic heterocycles. The van der Waals surface area contributed by atoms with Gasteiger partial charge in [0.2, 0.25) is 0 Å². The minimum Gasteiger partial charge on any atom is -0.379 e. The van der Waals surface area contributed by atoms with E-state index in [9.17, 15) is 4.79 Å². The van der Waals surface area contributed by atoms with E-state index in [-0.39, 0.29) is 16.9 Å². The van der Waals surface area contributed by atoms with Crippen LogP contribution in [0.1, 0.15) is 66.0 Å². The highest BCUT2D eigenvalue weighted by Gasteiger charge is 2.43. The van der Waals surface area contributed by atoms with Crippen molar-refractivity contribution >= 4 is 29.3 Å². The Bertz CT molecular complexity index is 1430. The van der Waals surface area contributed by atoms with Gasteiger partial charge in [-0.3, -0.25) is 14.6 Å². The van der Waals surface area contributed by atoms with E-state index in [0.29, 0.717) is 32.0 Å². The zero-order chi connectivity index (χ0) is 28.1. The second-order valence-corrected chi connectivity index (χ2v) is 12.7. The third-order valence-electron chi connectivity index (χ3n) is 9.17. The molecule has 4 heterocycles. The lowest BCUT2D eigenvalue weighted by atomic mass is 9.75. The maximum Gasteiger partial charge on any atom is 0.260 e. The molecular weight excluding hydrogens is 522 g/mol. The highest BCUT2D eigenvalue weighted by Crippen LogP contribution is 2.41. The van der Waals surface area contributed by atoms with Crippen molar-refractivity contribution in [2.24, 2.45) is 7.05 Å². The number of carbonyl (C=O) groups excluding carboxylic acids is 1. The van der Waals surface area contributed by atoms with Gasteiger partial charge in [-0.25, -0.2) is 4.98 Å². The molecule has 1 saturated carbocycles. The number of hydrogen-bond acceptors (Lipinski definition) is 8. The van der Waals surface area contributed by atoms with Crippen LogP contribution in [-0.2, 0) is 36.7 Å². The molecule has 40 heavy (non-hydrogen) atoms. The van der Waals surface area contributed by atoms with Crippen LogP contribution in [-0.4, -0.2) is 69.2 Å². The lowest BCUT2D eigenvalue weighted by Crippen LogP contribution is -2.49. The molecule has 0 radical (unpaired) electrons. The van der Waals surface area contributed by atoms with Crippen LogP contribution in [0.2, 0.25) is 0 Å². The predicted molar refractivity (Wildman–Crippen MR) is 158 cm³/mol. The van der Waals surface area contributed by atoms with Gasteiger partial charge in [-0.05, 0) is 87.4 Å². The highest BCUT2D eigenvalue weighted by atomic mass is 32.2. The summed E-state index contributed by atoms with van der Waals surface area (Å²) in [5, 5.41) is 11.8. The number of carbonyl (C=O) groups is 1. The number of aromatic nitrogens is 4. The fourth-order valence-electron chi connectivity index (χ4n) is 6.15. The number of anilines is 2. The molecule has 0 bridgehead atoms. The summed E-state index contributed by atoms with van der Waals surface area (Å²) in [6, 6.07) is 8.56. The van der Waals surface area contributed by atoms with Gasteiger partial charge in [-0.15, -0.1) is 22.0 Å². The van der Waals surface area contributed by atoms with Crippen molar-refractivity contribution in [3.05, 3.63) is 58.7 Å². The first kappa shape index (κ1) is 27.2. The summed E-state index contributed by atoms with van der Waals surface area (Å²) in [5.74, 6) is 2.37. The van der Waals surface area contributed by atoms with E-state index in [1.54, 1.807) is 18.1 Å². The van der Waals surface area contributed by atoms with Crippen LogP contribution in [0.5, 0.6) is 0 Å². The smallest absolute Gasteiger partial charge is 0.260 e. The Morgan fingerprint density at radius 2 is 2.00 bits per heavy atom. The zero-order valence-corrected chi connectivity index (χ0v) is 25.0. The number of benzene rings is 1. The van der Waals surface area contributed by atoms with E-state index in [2.05, 4.69) is 71.8 Å². The Labute approximate surface area is 240 Å². The van der Waals surface area contributed by atoms with E-state index in [1.807, 2.05) is 16.5 Å². The number of amides is 1. The molecule has 0 unspecified atom stereocenters. The predicted octanol–water partition coefficient (Wildman–Crippen LogP) is 4.41. The summed E-state index contributed by atoms with van der Waals surface area (Å²) in [4.78, 5) is 24.3. The van der Waals surface area contributed by atoms with E-state index >= 15 is 0 Å². The fraction of sp³-hybridized carbons (Fsp3) is 0.533. The van der Waals surface area contributed by atoms with Crippen molar-refractivity contribution in [1.29, 1.82) is 0 Å². The van der Waals surface area contributed by atoms with Crippen molar-refractivity contribution in [2.45, 2.75) is 68.5 Å². The zero-order valence-electron chi connectivity index (χ0n) is 24.2. The number of nitrogens with one attached hydrogen (secondary N) is 1. The van der Waals surface area contributed by atoms with E-state index in [4.69, 9.17) is 9.72 Å². The third kappa shape index (κ3) is 4.69.